The van der Waals surface area contributed by atoms with Crippen molar-refractivity contribution in [1.29, 1.82) is 5.26 Å². The monoisotopic (exact) mass is 442 g/mol. The molecular weight excluding hydrogens is 416 g/mol. The van der Waals surface area contributed by atoms with E-state index in [9.17, 15) is 10.1 Å². The van der Waals surface area contributed by atoms with Crippen LogP contribution in [0.1, 0.15) is 55.4 Å². The van der Waals surface area contributed by atoms with Crippen LogP contribution in [0.15, 0.2) is 36.7 Å². The first-order valence-corrected chi connectivity index (χ1v) is 10.7. The summed E-state index contributed by atoms with van der Waals surface area (Å²) in [5, 5.41) is 21.2. The van der Waals surface area contributed by atoms with E-state index in [0.717, 1.165) is 22.6 Å². The van der Waals surface area contributed by atoms with Gasteiger partial charge in [0, 0.05) is 35.5 Å². The van der Waals surface area contributed by atoms with Crippen molar-refractivity contribution in [2.75, 3.05) is 5.32 Å². The molecule has 0 saturated heterocycles. The van der Waals surface area contributed by atoms with Crippen molar-refractivity contribution in [2.24, 2.45) is 0 Å². The molecule has 4 rings (SSSR count). The molecule has 0 atom stereocenters. The van der Waals surface area contributed by atoms with Crippen molar-refractivity contribution < 1.29 is 4.79 Å². The summed E-state index contributed by atoms with van der Waals surface area (Å²) in [5.74, 6) is 1.08. The number of amides is 1. The van der Waals surface area contributed by atoms with Gasteiger partial charge in [-0.25, -0.2) is 14.5 Å². The van der Waals surface area contributed by atoms with E-state index in [2.05, 4.69) is 52.3 Å². The highest BCUT2D eigenvalue weighted by molar-refractivity contribution is 5.90. The minimum absolute atomic E-state index is 0.135. The first-order valence-electron chi connectivity index (χ1n) is 10.7. The number of hydrogen-bond acceptors (Lipinski definition) is 6. The number of nitrogens with one attached hydrogen (secondary N) is 1. The van der Waals surface area contributed by atoms with Crippen molar-refractivity contribution in [3.8, 4) is 11.9 Å². The molecule has 0 bridgehead atoms. The molecule has 0 radical (unpaired) electrons. The maximum absolute atomic E-state index is 12.9. The number of carbonyl (C=O) groups is 1. The molecule has 33 heavy (non-hydrogen) atoms. The van der Waals surface area contributed by atoms with E-state index in [0.29, 0.717) is 29.3 Å². The molecule has 0 spiro atoms. The van der Waals surface area contributed by atoms with Crippen molar-refractivity contribution in [3.63, 3.8) is 0 Å². The molecule has 0 aliphatic rings. The fourth-order valence-corrected chi connectivity index (χ4v) is 3.69. The molecule has 0 aromatic carbocycles. The summed E-state index contributed by atoms with van der Waals surface area (Å²) in [6, 6.07) is 9.57. The number of aryl methyl sites for hydroxylation is 2. The maximum Gasteiger partial charge on any atom is 0.225 e. The largest absolute Gasteiger partial charge is 0.311 e. The van der Waals surface area contributed by atoms with Crippen LogP contribution in [-0.2, 0) is 16.6 Å². The standard InChI is InChI=1S/C24H26N8O/c1-15-18(16(2)31-23(28-15)17(13-25)14-27-31)9-10-22(33)29-21-12-19(24(3,4)5)30-32(21)20-8-6-7-11-26-20/h6-8,11-12,14H,9-10H2,1-5H3,(H,29,33). The average molecular weight is 443 g/mol. The summed E-state index contributed by atoms with van der Waals surface area (Å²) in [6.07, 6.45) is 3.97. The van der Waals surface area contributed by atoms with Crippen LogP contribution in [0.4, 0.5) is 5.82 Å². The molecule has 4 aromatic rings. The van der Waals surface area contributed by atoms with Crippen LogP contribution in [0, 0.1) is 25.2 Å². The molecule has 9 heteroatoms. The van der Waals surface area contributed by atoms with Gasteiger partial charge < -0.3 is 5.32 Å². The first-order chi connectivity index (χ1) is 15.7. The van der Waals surface area contributed by atoms with Gasteiger partial charge in [-0.1, -0.05) is 26.8 Å². The lowest BCUT2D eigenvalue weighted by Gasteiger charge is -2.13. The fraction of sp³-hybridized carbons (Fsp3) is 0.333. The highest BCUT2D eigenvalue weighted by Gasteiger charge is 2.22. The Kier molecular flexibility index (Phi) is 5.68. The summed E-state index contributed by atoms with van der Waals surface area (Å²) in [4.78, 5) is 21.8. The van der Waals surface area contributed by atoms with Gasteiger partial charge in [0.05, 0.1) is 11.9 Å². The Labute approximate surface area is 192 Å². The summed E-state index contributed by atoms with van der Waals surface area (Å²) >= 11 is 0. The van der Waals surface area contributed by atoms with E-state index in [1.54, 1.807) is 15.4 Å². The summed E-state index contributed by atoms with van der Waals surface area (Å²) in [7, 11) is 0. The average Bonchev–Trinajstić information content (AvgIpc) is 3.38. The third-order valence-electron chi connectivity index (χ3n) is 5.54. The molecule has 9 nitrogen and oxygen atoms in total. The predicted octanol–water partition coefficient (Wildman–Crippen LogP) is 3.67. The number of pyridine rings is 1. The van der Waals surface area contributed by atoms with Gasteiger partial charge in [-0.05, 0) is 38.0 Å². The predicted molar refractivity (Wildman–Crippen MR) is 124 cm³/mol. The second kappa shape index (κ2) is 8.47. The van der Waals surface area contributed by atoms with Gasteiger partial charge in [0.15, 0.2) is 11.5 Å². The Balaban J connectivity index is 1.57. The van der Waals surface area contributed by atoms with Crippen LogP contribution in [0.3, 0.4) is 0 Å². The SMILES string of the molecule is Cc1nc2c(C#N)cnn2c(C)c1CCC(=O)Nc1cc(C(C)(C)C)nn1-c1ccccn1. The summed E-state index contributed by atoms with van der Waals surface area (Å²) in [6.45, 7) is 10.0. The normalized spacial score (nSPS) is 11.5. The maximum atomic E-state index is 12.9. The fourth-order valence-electron chi connectivity index (χ4n) is 3.69. The van der Waals surface area contributed by atoms with Crippen molar-refractivity contribution >= 4 is 17.4 Å². The highest BCUT2D eigenvalue weighted by Crippen LogP contribution is 2.26. The molecule has 168 valence electrons. The number of carbonyl (C=O) groups excluding carboxylic acids is 1. The Hall–Kier alpha value is -4.06. The molecule has 1 N–H and O–H groups in total. The van der Waals surface area contributed by atoms with E-state index in [4.69, 9.17) is 0 Å². The number of nitrogens with zero attached hydrogens (tertiary/aromatic N) is 7. The van der Waals surface area contributed by atoms with Crippen LogP contribution in [0.25, 0.3) is 11.5 Å². The molecule has 0 aliphatic heterocycles. The quantitative estimate of drug-likeness (QED) is 0.504. The Morgan fingerprint density at radius 2 is 2.03 bits per heavy atom. The molecule has 0 aliphatic carbocycles. The zero-order valence-electron chi connectivity index (χ0n) is 19.4. The molecule has 4 aromatic heterocycles. The second-order valence-corrected chi connectivity index (χ2v) is 8.98. The van der Waals surface area contributed by atoms with Gasteiger partial charge in [0.2, 0.25) is 5.91 Å². The van der Waals surface area contributed by atoms with E-state index >= 15 is 0 Å². The smallest absolute Gasteiger partial charge is 0.225 e. The topological polar surface area (TPSA) is 114 Å². The zero-order chi connectivity index (χ0) is 23.8. The molecule has 4 heterocycles. The Bertz CT molecular complexity index is 1370. The lowest BCUT2D eigenvalue weighted by atomic mass is 9.92. The first kappa shape index (κ1) is 22.1. The summed E-state index contributed by atoms with van der Waals surface area (Å²) in [5.41, 5.74) is 4.26. The molecule has 0 saturated carbocycles. The van der Waals surface area contributed by atoms with E-state index in [-0.39, 0.29) is 17.7 Å². The van der Waals surface area contributed by atoms with E-state index in [1.165, 1.54) is 6.20 Å². The lowest BCUT2D eigenvalue weighted by Crippen LogP contribution is -2.17. The van der Waals surface area contributed by atoms with Gasteiger partial charge in [-0.2, -0.15) is 20.1 Å². The van der Waals surface area contributed by atoms with Gasteiger partial charge in [-0.15, -0.1) is 0 Å². The second-order valence-electron chi connectivity index (χ2n) is 8.98. The molecule has 0 fully saturated rings. The number of rotatable bonds is 5. The van der Waals surface area contributed by atoms with Crippen LogP contribution in [0.5, 0.6) is 0 Å². The number of hydrogen-bond donors (Lipinski definition) is 1. The lowest BCUT2D eigenvalue weighted by molar-refractivity contribution is -0.116. The van der Waals surface area contributed by atoms with Gasteiger partial charge in [0.25, 0.3) is 0 Å². The molecule has 0 unspecified atom stereocenters. The van der Waals surface area contributed by atoms with Crippen LogP contribution < -0.4 is 5.32 Å². The number of anilines is 1. The minimum atomic E-state index is -0.180. The van der Waals surface area contributed by atoms with Crippen LogP contribution in [-0.4, -0.2) is 35.3 Å². The zero-order valence-corrected chi connectivity index (χ0v) is 19.4. The molecular formula is C24H26N8O. The highest BCUT2D eigenvalue weighted by atomic mass is 16.1. The van der Waals surface area contributed by atoms with Gasteiger partial charge in [0.1, 0.15) is 17.5 Å². The van der Waals surface area contributed by atoms with Crippen LogP contribution in [0.2, 0.25) is 0 Å². The van der Waals surface area contributed by atoms with E-state index in [1.807, 2.05) is 38.1 Å². The Morgan fingerprint density at radius 1 is 1.24 bits per heavy atom. The number of fused-ring (bicyclic) bond motifs is 1. The van der Waals surface area contributed by atoms with Gasteiger partial charge in [-0.3, -0.25) is 4.79 Å². The van der Waals surface area contributed by atoms with Gasteiger partial charge >= 0.3 is 0 Å². The Morgan fingerprint density at radius 3 is 2.70 bits per heavy atom. The number of aromatic nitrogens is 6. The third kappa shape index (κ3) is 4.32. The molecule has 1 amide bonds. The van der Waals surface area contributed by atoms with Crippen LogP contribution >= 0.6 is 0 Å². The van der Waals surface area contributed by atoms with Crippen molar-refractivity contribution in [2.45, 2.75) is 52.9 Å². The minimum Gasteiger partial charge on any atom is -0.311 e. The van der Waals surface area contributed by atoms with E-state index < -0.39 is 0 Å². The van der Waals surface area contributed by atoms with Crippen molar-refractivity contribution in [1.82, 2.24) is 29.4 Å². The summed E-state index contributed by atoms with van der Waals surface area (Å²) < 4.78 is 3.32. The van der Waals surface area contributed by atoms with Crippen molar-refractivity contribution in [3.05, 3.63) is 64.9 Å². The number of nitriles is 1. The third-order valence-corrected chi connectivity index (χ3v) is 5.54.